The van der Waals surface area contributed by atoms with Crippen molar-refractivity contribution in [1.82, 2.24) is 15.0 Å². The molecule has 7 rings (SSSR count). The molecule has 0 radical (unpaired) electrons. The molecule has 0 spiro atoms. The summed E-state index contributed by atoms with van der Waals surface area (Å²) in [5.41, 5.74) is 8.85. The molecule has 0 aliphatic carbocycles. The van der Waals surface area contributed by atoms with Gasteiger partial charge in [-0.05, 0) is 34.7 Å². The third-order valence-corrected chi connectivity index (χ3v) is 6.70. The van der Waals surface area contributed by atoms with Crippen LogP contribution in [0.3, 0.4) is 0 Å². The van der Waals surface area contributed by atoms with Gasteiger partial charge in [-0.15, -0.1) is 0 Å². The first kappa shape index (κ1) is 20.5. The predicted octanol–water partition coefficient (Wildman–Crippen LogP) is 8.33. The van der Waals surface area contributed by atoms with E-state index in [1.807, 2.05) is 42.6 Å². The van der Waals surface area contributed by atoms with Crippen LogP contribution in [0.15, 0.2) is 128 Å². The van der Waals surface area contributed by atoms with Crippen LogP contribution in [0.1, 0.15) is 0 Å². The van der Waals surface area contributed by atoms with Crippen LogP contribution in [0.2, 0.25) is 0 Å². The van der Waals surface area contributed by atoms with E-state index in [0.717, 1.165) is 49.8 Å². The maximum absolute atomic E-state index is 5.08. The SMILES string of the molecule is c1ccc(-c2ccc(-c3nc4ccccc4nc3-c3ccc4c(c3)ncc3ccccc34)cc2)cc1. The van der Waals surface area contributed by atoms with Gasteiger partial charge in [0.25, 0.3) is 0 Å². The maximum Gasteiger partial charge on any atom is 0.0973 e. The molecule has 0 aliphatic rings. The van der Waals surface area contributed by atoms with Gasteiger partial charge in [0.2, 0.25) is 0 Å². The number of pyridine rings is 1. The average molecular weight is 460 g/mol. The zero-order chi connectivity index (χ0) is 23.9. The van der Waals surface area contributed by atoms with Crippen molar-refractivity contribution in [2.75, 3.05) is 0 Å². The molecular formula is C33H21N3. The molecule has 0 saturated heterocycles. The Morgan fingerprint density at radius 1 is 0.389 bits per heavy atom. The number of para-hydroxylation sites is 2. The third kappa shape index (κ3) is 3.50. The lowest BCUT2D eigenvalue weighted by atomic mass is 9.98. The van der Waals surface area contributed by atoms with Crippen molar-refractivity contribution in [3.63, 3.8) is 0 Å². The Morgan fingerprint density at radius 3 is 1.75 bits per heavy atom. The van der Waals surface area contributed by atoms with Gasteiger partial charge in [-0.3, -0.25) is 4.98 Å². The third-order valence-electron chi connectivity index (χ3n) is 6.70. The second-order valence-corrected chi connectivity index (χ2v) is 8.93. The van der Waals surface area contributed by atoms with Gasteiger partial charge in [0.15, 0.2) is 0 Å². The second-order valence-electron chi connectivity index (χ2n) is 8.93. The fourth-order valence-electron chi connectivity index (χ4n) is 4.86. The Morgan fingerprint density at radius 2 is 0.972 bits per heavy atom. The number of nitrogens with zero attached hydrogens (tertiary/aromatic N) is 3. The highest BCUT2D eigenvalue weighted by molar-refractivity contribution is 6.06. The Kier molecular flexibility index (Phi) is 4.78. The summed E-state index contributed by atoms with van der Waals surface area (Å²) < 4.78 is 0. The second kappa shape index (κ2) is 8.40. The number of hydrogen-bond acceptors (Lipinski definition) is 3. The average Bonchev–Trinajstić information content (AvgIpc) is 2.96. The first-order chi connectivity index (χ1) is 17.8. The number of hydrogen-bond donors (Lipinski definition) is 0. The minimum Gasteiger partial charge on any atom is -0.256 e. The van der Waals surface area contributed by atoms with Crippen LogP contribution >= 0.6 is 0 Å². The molecule has 0 bridgehead atoms. The van der Waals surface area contributed by atoms with Crippen LogP contribution in [0.25, 0.3) is 66.4 Å². The number of rotatable bonds is 3. The van der Waals surface area contributed by atoms with Crippen molar-refractivity contribution in [2.45, 2.75) is 0 Å². The van der Waals surface area contributed by atoms with Crippen LogP contribution in [0, 0.1) is 0 Å². The first-order valence-corrected chi connectivity index (χ1v) is 12.0. The fraction of sp³-hybridized carbons (Fsp3) is 0. The Labute approximate surface area is 208 Å². The minimum absolute atomic E-state index is 0.859. The zero-order valence-corrected chi connectivity index (χ0v) is 19.5. The molecule has 36 heavy (non-hydrogen) atoms. The van der Waals surface area contributed by atoms with E-state index in [2.05, 4.69) is 84.9 Å². The quantitative estimate of drug-likeness (QED) is 0.249. The summed E-state index contributed by atoms with van der Waals surface area (Å²) >= 11 is 0. The number of benzene rings is 5. The Hall–Kier alpha value is -4.89. The highest BCUT2D eigenvalue weighted by atomic mass is 14.8. The summed E-state index contributed by atoms with van der Waals surface area (Å²) in [4.78, 5) is 14.9. The monoisotopic (exact) mass is 459 g/mol. The summed E-state index contributed by atoms with van der Waals surface area (Å²) in [7, 11) is 0. The first-order valence-electron chi connectivity index (χ1n) is 12.0. The highest BCUT2D eigenvalue weighted by Gasteiger charge is 2.15. The number of aromatic nitrogens is 3. The van der Waals surface area contributed by atoms with Crippen LogP contribution in [0.4, 0.5) is 0 Å². The molecule has 3 nitrogen and oxygen atoms in total. The Bertz CT molecular complexity index is 1870. The van der Waals surface area contributed by atoms with E-state index in [4.69, 9.17) is 15.0 Å². The van der Waals surface area contributed by atoms with E-state index in [0.29, 0.717) is 0 Å². The van der Waals surface area contributed by atoms with Crippen LogP contribution in [-0.2, 0) is 0 Å². The van der Waals surface area contributed by atoms with Crippen molar-refractivity contribution < 1.29 is 0 Å². The van der Waals surface area contributed by atoms with Crippen molar-refractivity contribution in [3.05, 3.63) is 128 Å². The molecule has 7 aromatic rings. The summed E-state index contributed by atoms with van der Waals surface area (Å²) in [5, 5.41) is 3.48. The normalized spacial score (nSPS) is 11.3. The molecule has 0 aliphatic heterocycles. The van der Waals surface area contributed by atoms with Gasteiger partial charge in [-0.25, -0.2) is 9.97 Å². The summed E-state index contributed by atoms with van der Waals surface area (Å²) in [5.74, 6) is 0. The fourth-order valence-corrected chi connectivity index (χ4v) is 4.86. The van der Waals surface area contributed by atoms with Crippen LogP contribution < -0.4 is 0 Å². The lowest BCUT2D eigenvalue weighted by Crippen LogP contribution is -1.96. The van der Waals surface area contributed by atoms with Crippen LogP contribution in [-0.4, -0.2) is 15.0 Å². The lowest BCUT2D eigenvalue weighted by molar-refractivity contribution is 1.29. The molecule has 0 N–H and O–H groups in total. The molecule has 2 aromatic heterocycles. The van der Waals surface area contributed by atoms with Gasteiger partial charge in [0, 0.05) is 28.1 Å². The molecule has 3 heteroatoms. The zero-order valence-electron chi connectivity index (χ0n) is 19.5. The maximum atomic E-state index is 5.08. The lowest BCUT2D eigenvalue weighted by Gasteiger charge is -2.12. The number of fused-ring (bicyclic) bond motifs is 4. The molecule has 0 unspecified atom stereocenters. The van der Waals surface area contributed by atoms with Gasteiger partial charge < -0.3 is 0 Å². The standard InChI is InChI=1S/C33H21N3/c1-2-8-22(9-3-1)23-14-16-24(17-15-23)32-33(36-30-13-7-6-12-29(30)35-32)25-18-19-28-27-11-5-4-10-26(27)21-34-31(28)20-25/h1-21H. The van der Waals surface area contributed by atoms with Gasteiger partial charge in [0.05, 0.1) is 27.9 Å². The minimum atomic E-state index is 0.859. The van der Waals surface area contributed by atoms with E-state index in [1.165, 1.54) is 16.5 Å². The van der Waals surface area contributed by atoms with Crippen LogP contribution in [0.5, 0.6) is 0 Å². The van der Waals surface area contributed by atoms with E-state index < -0.39 is 0 Å². The van der Waals surface area contributed by atoms with Crippen molar-refractivity contribution >= 4 is 32.7 Å². The summed E-state index contributed by atoms with van der Waals surface area (Å²) in [6.45, 7) is 0. The molecule has 0 atom stereocenters. The smallest absolute Gasteiger partial charge is 0.0973 e. The molecule has 5 aromatic carbocycles. The van der Waals surface area contributed by atoms with Crippen molar-refractivity contribution in [2.24, 2.45) is 0 Å². The molecule has 0 amide bonds. The van der Waals surface area contributed by atoms with E-state index in [1.54, 1.807) is 0 Å². The highest BCUT2D eigenvalue weighted by Crippen LogP contribution is 2.34. The molecule has 0 fully saturated rings. The topological polar surface area (TPSA) is 38.7 Å². The Balaban J connectivity index is 1.41. The molecular weight excluding hydrogens is 438 g/mol. The van der Waals surface area contributed by atoms with E-state index in [9.17, 15) is 0 Å². The largest absolute Gasteiger partial charge is 0.256 e. The molecule has 168 valence electrons. The summed E-state index contributed by atoms with van der Waals surface area (Å²) in [6, 6.07) is 41.8. The summed E-state index contributed by atoms with van der Waals surface area (Å²) in [6.07, 6.45) is 1.94. The van der Waals surface area contributed by atoms with Crippen molar-refractivity contribution in [3.8, 4) is 33.6 Å². The van der Waals surface area contributed by atoms with Gasteiger partial charge in [0.1, 0.15) is 0 Å². The van der Waals surface area contributed by atoms with Crippen molar-refractivity contribution in [1.29, 1.82) is 0 Å². The van der Waals surface area contributed by atoms with E-state index >= 15 is 0 Å². The van der Waals surface area contributed by atoms with Gasteiger partial charge >= 0.3 is 0 Å². The van der Waals surface area contributed by atoms with Gasteiger partial charge in [-0.1, -0.05) is 103 Å². The van der Waals surface area contributed by atoms with Gasteiger partial charge in [-0.2, -0.15) is 0 Å². The molecule has 2 heterocycles. The van der Waals surface area contributed by atoms with E-state index in [-0.39, 0.29) is 0 Å². The predicted molar refractivity (Wildman–Crippen MR) is 149 cm³/mol. The molecule has 0 saturated carbocycles.